The molecule has 0 unspecified atom stereocenters. The van der Waals surface area contributed by atoms with Gasteiger partial charge in [0.1, 0.15) is 29.5 Å². The van der Waals surface area contributed by atoms with Crippen molar-refractivity contribution in [3.63, 3.8) is 0 Å². The SMILES string of the molecule is Nc1ncnc2c1c(-c1ccc(CN3CCc4c(F)cc(F)cc43)cc1)nn2[C@@H]1CCCNC1. The predicted molar refractivity (Wildman–Crippen MR) is 127 cm³/mol. The van der Waals surface area contributed by atoms with Gasteiger partial charge in [-0.1, -0.05) is 24.3 Å². The van der Waals surface area contributed by atoms with Crippen LogP contribution in [0.2, 0.25) is 0 Å². The first-order valence-electron chi connectivity index (χ1n) is 11.6. The molecular weight excluding hydrogens is 436 g/mol. The third-order valence-corrected chi connectivity index (χ3v) is 6.84. The third kappa shape index (κ3) is 3.56. The fourth-order valence-electron chi connectivity index (χ4n) is 5.13. The maximum absolute atomic E-state index is 14.1. The fraction of sp³-hybridized carbons (Fsp3) is 0.320. The summed E-state index contributed by atoms with van der Waals surface area (Å²) >= 11 is 0. The first-order chi connectivity index (χ1) is 16.6. The molecule has 0 saturated carbocycles. The van der Waals surface area contributed by atoms with Crippen LogP contribution in [-0.2, 0) is 13.0 Å². The first kappa shape index (κ1) is 21.0. The van der Waals surface area contributed by atoms with Gasteiger partial charge in [-0.2, -0.15) is 5.10 Å². The average molecular weight is 462 g/mol. The van der Waals surface area contributed by atoms with E-state index in [0.29, 0.717) is 36.6 Å². The minimum Gasteiger partial charge on any atom is -0.383 e. The Labute approximate surface area is 195 Å². The zero-order valence-corrected chi connectivity index (χ0v) is 18.6. The number of nitrogens with two attached hydrogens (primary N) is 1. The monoisotopic (exact) mass is 461 g/mol. The Balaban J connectivity index is 1.31. The third-order valence-electron chi connectivity index (χ3n) is 6.84. The number of hydrogen-bond donors (Lipinski definition) is 2. The van der Waals surface area contributed by atoms with Crippen LogP contribution in [0.25, 0.3) is 22.3 Å². The molecule has 2 aliphatic heterocycles. The quantitative estimate of drug-likeness (QED) is 0.480. The highest BCUT2D eigenvalue weighted by atomic mass is 19.1. The summed E-state index contributed by atoms with van der Waals surface area (Å²) in [6.07, 6.45) is 4.19. The highest BCUT2D eigenvalue weighted by molar-refractivity contribution is 5.98. The second kappa shape index (κ2) is 8.32. The van der Waals surface area contributed by atoms with Crippen LogP contribution in [-0.4, -0.2) is 39.4 Å². The Bertz CT molecular complexity index is 1360. The van der Waals surface area contributed by atoms with Crippen molar-refractivity contribution in [1.29, 1.82) is 0 Å². The molecule has 9 heteroatoms. The topological polar surface area (TPSA) is 84.9 Å². The van der Waals surface area contributed by atoms with Crippen LogP contribution < -0.4 is 16.0 Å². The van der Waals surface area contributed by atoms with E-state index in [1.165, 1.54) is 12.4 Å². The van der Waals surface area contributed by atoms with Gasteiger partial charge in [-0.15, -0.1) is 0 Å². The molecule has 4 heterocycles. The van der Waals surface area contributed by atoms with E-state index < -0.39 is 11.6 Å². The van der Waals surface area contributed by atoms with Crippen molar-refractivity contribution >= 4 is 22.5 Å². The number of halogens is 2. The van der Waals surface area contributed by atoms with Crippen LogP contribution in [0.3, 0.4) is 0 Å². The van der Waals surface area contributed by atoms with Crippen LogP contribution in [0.1, 0.15) is 30.0 Å². The molecule has 6 rings (SSSR count). The van der Waals surface area contributed by atoms with Gasteiger partial charge in [-0.3, -0.25) is 0 Å². The number of nitrogen functional groups attached to an aromatic ring is 1. The molecule has 0 radical (unpaired) electrons. The van der Waals surface area contributed by atoms with Crippen molar-refractivity contribution in [3.05, 3.63) is 65.5 Å². The molecule has 0 aliphatic carbocycles. The zero-order chi connectivity index (χ0) is 23.2. The van der Waals surface area contributed by atoms with Gasteiger partial charge >= 0.3 is 0 Å². The van der Waals surface area contributed by atoms with Gasteiger partial charge in [0.2, 0.25) is 0 Å². The van der Waals surface area contributed by atoms with Gasteiger partial charge in [0.15, 0.2) is 5.65 Å². The van der Waals surface area contributed by atoms with Crippen molar-refractivity contribution < 1.29 is 8.78 Å². The van der Waals surface area contributed by atoms with Crippen LogP contribution in [0.4, 0.5) is 20.3 Å². The van der Waals surface area contributed by atoms with Gasteiger partial charge < -0.3 is 16.0 Å². The van der Waals surface area contributed by atoms with Crippen molar-refractivity contribution in [2.45, 2.75) is 31.8 Å². The van der Waals surface area contributed by atoms with E-state index in [2.05, 4.69) is 15.3 Å². The highest BCUT2D eigenvalue weighted by Gasteiger charge is 2.25. The Morgan fingerprint density at radius 2 is 1.97 bits per heavy atom. The molecular formula is C25H25F2N7. The highest BCUT2D eigenvalue weighted by Crippen LogP contribution is 2.35. The van der Waals surface area contributed by atoms with Gasteiger partial charge in [-0.25, -0.2) is 23.4 Å². The number of benzene rings is 2. The number of nitrogens with one attached hydrogen (secondary N) is 1. The van der Waals surface area contributed by atoms with Crippen molar-refractivity contribution in [2.24, 2.45) is 0 Å². The minimum atomic E-state index is -0.547. The lowest BCUT2D eigenvalue weighted by molar-refractivity contribution is 0.354. The number of rotatable bonds is 4. The Hall–Kier alpha value is -3.59. The minimum absolute atomic E-state index is 0.217. The van der Waals surface area contributed by atoms with Crippen molar-refractivity contribution in [1.82, 2.24) is 25.1 Å². The van der Waals surface area contributed by atoms with Crippen LogP contribution in [0.15, 0.2) is 42.7 Å². The molecule has 174 valence electrons. The number of nitrogens with zero attached hydrogens (tertiary/aromatic N) is 5. The average Bonchev–Trinajstić information content (AvgIpc) is 3.43. The van der Waals surface area contributed by atoms with E-state index >= 15 is 0 Å². The number of aromatic nitrogens is 4. The molecule has 34 heavy (non-hydrogen) atoms. The summed E-state index contributed by atoms with van der Waals surface area (Å²) in [5, 5.41) is 9.12. The summed E-state index contributed by atoms with van der Waals surface area (Å²) in [5.74, 6) is -0.603. The molecule has 2 aromatic carbocycles. The van der Waals surface area contributed by atoms with Crippen molar-refractivity contribution in [2.75, 3.05) is 30.3 Å². The molecule has 2 aromatic heterocycles. The maximum Gasteiger partial charge on any atom is 0.164 e. The lowest BCUT2D eigenvalue weighted by Crippen LogP contribution is -2.32. The fourth-order valence-corrected chi connectivity index (χ4v) is 5.13. The standard InChI is InChI=1S/C25H25F2N7/c26-17-10-20(27)19-7-9-33(21(19)11-17)13-15-3-5-16(6-4-15)23-22-24(28)30-14-31-25(22)34(32-23)18-2-1-8-29-12-18/h3-6,10-11,14,18,29H,1-2,7-9,12-13H2,(H2,28,30,31)/t18-/m1/s1. The summed E-state index contributed by atoms with van der Waals surface area (Å²) < 4.78 is 29.9. The lowest BCUT2D eigenvalue weighted by atomic mass is 10.1. The molecule has 3 N–H and O–H groups in total. The van der Waals surface area contributed by atoms with Gasteiger partial charge in [0, 0.05) is 42.5 Å². The Kier molecular flexibility index (Phi) is 5.13. The molecule has 1 atom stereocenters. The second-order valence-corrected chi connectivity index (χ2v) is 9.00. The summed E-state index contributed by atoms with van der Waals surface area (Å²) in [6, 6.07) is 10.7. The van der Waals surface area contributed by atoms with E-state index in [1.807, 2.05) is 33.8 Å². The van der Waals surface area contributed by atoms with Gasteiger partial charge in [0.25, 0.3) is 0 Å². The molecule has 7 nitrogen and oxygen atoms in total. The van der Waals surface area contributed by atoms with E-state index in [-0.39, 0.29) is 6.04 Å². The van der Waals surface area contributed by atoms with E-state index in [9.17, 15) is 8.78 Å². The number of fused-ring (bicyclic) bond motifs is 2. The number of piperidine rings is 1. The zero-order valence-electron chi connectivity index (χ0n) is 18.6. The summed E-state index contributed by atoms with van der Waals surface area (Å²) in [7, 11) is 0. The van der Waals surface area contributed by atoms with E-state index in [1.54, 1.807) is 0 Å². The maximum atomic E-state index is 14.1. The molecule has 1 fully saturated rings. The lowest BCUT2D eigenvalue weighted by Gasteiger charge is -2.23. The second-order valence-electron chi connectivity index (χ2n) is 9.00. The van der Waals surface area contributed by atoms with Crippen LogP contribution >= 0.6 is 0 Å². The molecule has 2 aliphatic rings. The predicted octanol–water partition coefficient (Wildman–Crippen LogP) is 3.84. The van der Waals surface area contributed by atoms with Crippen molar-refractivity contribution in [3.8, 4) is 11.3 Å². The van der Waals surface area contributed by atoms with E-state index in [0.717, 1.165) is 59.9 Å². The normalized spacial score (nSPS) is 17.9. The number of hydrogen-bond acceptors (Lipinski definition) is 6. The number of anilines is 2. The smallest absolute Gasteiger partial charge is 0.164 e. The molecule has 1 saturated heterocycles. The Morgan fingerprint density at radius 1 is 1.12 bits per heavy atom. The first-order valence-corrected chi connectivity index (χ1v) is 11.6. The van der Waals surface area contributed by atoms with E-state index in [4.69, 9.17) is 10.8 Å². The Morgan fingerprint density at radius 3 is 2.76 bits per heavy atom. The summed E-state index contributed by atoms with van der Waals surface area (Å²) in [5.41, 5.74) is 11.0. The van der Waals surface area contributed by atoms with Crippen LogP contribution in [0, 0.1) is 11.6 Å². The summed E-state index contributed by atoms with van der Waals surface area (Å²) in [4.78, 5) is 10.7. The molecule has 0 amide bonds. The molecule has 4 aromatic rings. The molecule has 0 spiro atoms. The largest absolute Gasteiger partial charge is 0.383 e. The van der Waals surface area contributed by atoms with Gasteiger partial charge in [-0.05, 0) is 37.4 Å². The van der Waals surface area contributed by atoms with Gasteiger partial charge in [0.05, 0.1) is 11.4 Å². The summed E-state index contributed by atoms with van der Waals surface area (Å²) in [6.45, 7) is 3.10. The van der Waals surface area contributed by atoms with Crippen LogP contribution in [0.5, 0.6) is 0 Å². The molecule has 0 bridgehead atoms.